The summed E-state index contributed by atoms with van der Waals surface area (Å²) >= 11 is 7.22. The molecule has 0 unspecified atom stereocenters. The average Bonchev–Trinajstić information content (AvgIpc) is 4.25. The third-order valence-corrected chi connectivity index (χ3v) is 20.0. The molecule has 0 atom stereocenters. The number of nitrogens with zero attached hydrogens (tertiary/aromatic N) is 2. The van der Waals surface area contributed by atoms with Gasteiger partial charge < -0.3 is 9.13 Å². The van der Waals surface area contributed by atoms with Gasteiger partial charge in [-0.2, -0.15) is 0 Å². The molecule has 388 valence electrons. The number of halogens is 2. The van der Waals surface area contributed by atoms with E-state index in [-0.39, 0.29) is 11.6 Å². The van der Waals surface area contributed by atoms with Gasteiger partial charge in [-0.1, -0.05) is 156 Å². The summed E-state index contributed by atoms with van der Waals surface area (Å²) in [4.78, 5) is 9.78. The van der Waals surface area contributed by atoms with Crippen molar-refractivity contribution in [3.63, 3.8) is 0 Å². The Hall–Kier alpha value is -3.56. The molecular formula is C64H84F2N2S4. The van der Waals surface area contributed by atoms with E-state index in [4.69, 9.17) is 0 Å². The summed E-state index contributed by atoms with van der Waals surface area (Å²) in [5.41, 5.74) is 8.34. The highest BCUT2D eigenvalue weighted by Gasteiger charge is 2.26. The van der Waals surface area contributed by atoms with Crippen molar-refractivity contribution in [3.8, 4) is 40.4 Å². The Morgan fingerprint density at radius 1 is 0.375 bits per heavy atom. The topological polar surface area (TPSA) is 9.86 Å². The number of hydrogen-bond donors (Lipinski definition) is 0. The molecule has 2 aromatic carbocycles. The molecule has 72 heavy (non-hydrogen) atoms. The first kappa shape index (κ1) is 54.7. The number of thiophene rings is 4. The highest BCUT2D eigenvalue weighted by Crippen LogP contribution is 2.48. The van der Waals surface area contributed by atoms with E-state index in [9.17, 15) is 0 Å². The molecule has 6 heterocycles. The van der Waals surface area contributed by atoms with Crippen LogP contribution in [0.1, 0.15) is 203 Å². The number of aromatic nitrogens is 2. The molecule has 8 aromatic rings. The van der Waals surface area contributed by atoms with E-state index in [0.717, 1.165) is 107 Å². The third kappa shape index (κ3) is 13.3. The van der Waals surface area contributed by atoms with Crippen LogP contribution in [0.25, 0.3) is 73.2 Å². The van der Waals surface area contributed by atoms with E-state index in [1.807, 2.05) is 34.8 Å². The fourth-order valence-corrected chi connectivity index (χ4v) is 15.6. The van der Waals surface area contributed by atoms with Gasteiger partial charge >= 0.3 is 0 Å². The second kappa shape index (κ2) is 27.3. The summed E-state index contributed by atoms with van der Waals surface area (Å²) in [6, 6.07) is 21.6. The van der Waals surface area contributed by atoms with Crippen LogP contribution in [0.15, 0.2) is 60.7 Å². The van der Waals surface area contributed by atoms with Crippen molar-refractivity contribution in [1.82, 2.24) is 9.13 Å². The second-order valence-electron chi connectivity index (χ2n) is 21.0. The summed E-state index contributed by atoms with van der Waals surface area (Å²) in [6.45, 7) is 15.1. The lowest BCUT2D eigenvalue weighted by Crippen LogP contribution is -1.99. The Bertz CT molecular complexity index is 2750. The van der Waals surface area contributed by atoms with Gasteiger partial charge in [0.25, 0.3) is 0 Å². The zero-order valence-corrected chi connectivity index (χ0v) is 48.1. The van der Waals surface area contributed by atoms with Gasteiger partial charge in [-0.05, 0) is 124 Å². The summed E-state index contributed by atoms with van der Waals surface area (Å²) < 4.78 is 39.7. The molecule has 6 aromatic heterocycles. The molecule has 0 bridgehead atoms. The smallest absolute Gasteiger partial charge is 0.132 e. The molecule has 0 fully saturated rings. The normalized spacial score (nSPS) is 12.1. The van der Waals surface area contributed by atoms with E-state index >= 15 is 8.78 Å². The van der Waals surface area contributed by atoms with Crippen LogP contribution in [0.2, 0.25) is 0 Å². The van der Waals surface area contributed by atoms with Crippen molar-refractivity contribution in [2.24, 2.45) is 0 Å². The second-order valence-corrected chi connectivity index (χ2v) is 25.7. The molecular weight excluding hydrogens is 963 g/mol. The monoisotopic (exact) mass is 1050 g/mol. The first-order valence-corrected chi connectivity index (χ1v) is 31.9. The number of unbranched alkanes of at least 4 members (excludes halogenated alkanes) is 20. The zero-order valence-electron chi connectivity index (χ0n) is 44.9. The van der Waals surface area contributed by atoms with Crippen LogP contribution in [0, 0.1) is 25.5 Å². The molecule has 2 nitrogen and oxygen atoms in total. The van der Waals surface area contributed by atoms with E-state index in [2.05, 4.69) is 99.2 Å². The lowest BCUT2D eigenvalue weighted by atomic mass is 10.0. The van der Waals surface area contributed by atoms with E-state index < -0.39 is 0 Å². The van der Waals surface area contributed by atoms with Gasteiger partial charge in [0, 0.05) is 74.0 Å². The van der Waals surface area contributed by atoms with Crippen molar-refractivity contribution in [2.75, 3.05) is 0 Å². The highest BCUT2D eigenvalue weighted by molar-refractivity contribution is 7.24. The van der Waals surface area contributed by atoms with Crippen LogP contribution >= 0.6 is 45.3 Å². The van der Waals surface area contributed by atoms with Crippen LogP contribution in [0.5, 0.6) is 0 Å². The summed E-state index contributed by atoms with van der Waals surface area (Å²) in [5, 5.41) is 1.90. The Balaban J connectivity index is 1.25. The predicted octanol–water partition coefficient (Wildman–Crippen LogP) is 23.1. The Morgan fingerprint density at radius 3 is 1.07 bits per heavy atom. The molecule has 0 radical (unpaired) electrons. The molecule has 8 rings (SSSR count). The van der Waals surface area contributed by atoms with E-state index in [1.54, 1.807) is 22.7 Å². The van der Waals surface area contributed by atoms with E-state index in [1.165, 1.54) is 156 Å². The Kier molecular flexibility index (Phi) is 20.7. The standard InChI is InChI=1S/C64H84F2N2S4/c1-7-11-15-19-23-27-31-47-39-59(71-63(47)57-35-33-45(5)69-57)49-43-55-51(41-53(49)65)61-62(67(55)37-29-25-21-17-13-9-3)52-42-54(66)50(44-56(52)68(61)38-30-26-22-18-14-10-4)60-40-48(32-28-24-20-16-12-8-2)64(72-60)58-36-34-46(6)70-58/h33-36,39-44H,7-32,37-38H2,1-6H3. The van der Waals surface area contributed by atoms with Crippen LogP contribution in [0.4, 0.5) is 8.78 Å². The number of aryl methyl sites for hydroxylation is 6. The Labute approximate surface area is 448 Å². The molecule has 8 heteroatoms. The van der Waals surface area contributed by atoms with Gasteiger partial charge in [-0.25, -0.2) is 8.78 Å². The lowest BCUT2D eigenvalue weighted by molar-refractivity contribution is 0.569. The minimum Gasteiger partial charge on any atom is -0.339 e. The molecule has 0 aliphatic rings. The quantitative estimate of drug-likeness (QED) is 0.0372. The summed E-state index contributed by atoms with van der Waals surface area (Å²) in [6.07, 6.45) is 31.3. The molecule has 0 aliphatic heterocycles. The summed E-state index contributed by atoms with van der Waals surface area (Å²) in [7, 11) is 0. The van der Waals surface area contributed by atoms with Gasteiger partial charge in [-0.15, -0.1) is 45.3 Å². The minimum absolute atomic E-state index is 0.168. The van der Waals surface area contributed by atoms with Crippen LogP contribution in [0.3, 0.4) is 0 Å². The van der Waals surface area contributed by atoms with Gasteiger partial charge in [0.05, 0.1) is 22.1 Å². The molecule has 0 saturated carbocycles. The third-order valence-electron chi connectivity index (χ3n) is 15.2. The summed E-state index contributed by atoms with van der Waals surface area (Å²) in [5.74, 6) is -0.336. The minimum atomic E-state index is -0.168. The predicted molar refractivity (Wildman–Crippen MR) is 318 cm³/mol. The maximum atomic E-state index is 17.4. The average molecular weight is 1050 g/mol. The van der Waals surface area contributed by atoms with Gasteiger partial charge in [0.15, 0.2) is 0 Å². The van der Waals surface area contributed by atoms with Crippen LogP contribution in [-0.2, 0) is 25.9 Å². The fraction of sp³-hybridized carbons (Fsp3) is 0.531. The Morgan fingerprint density at radius 2 is 0.722 bits per heavy atom. The van der Waals surface area contributed by atoms with Crippen LogP contribution < -0.4 is 0 Å². The SMILES string of the molecule is CCCCCCCCc1cc(-c2cc3c(cc2F)c2c(c4cc(F)c(-c5cc(CCCCCCCC)c(-c6ccc(C)s6)s5)cc4n2CCCCCCCC)n3CCCCCCCC)sc1-c1ccc(C)s1. The maximum Gasteiger partial charge on any atom is 0.132 e. The number of rotatable bonds is 32. The maximum absolute atomic E-state index is 17.4. The number of benzene rings is 2. The molecule has 0 saturated heterocycles. The van der Waals surface area contributed by atoms with Gasteiger partial charge in [0.2, 0.25) is 0 Å². The lowest BCUT2D eigenvalue weighted by Gasteiger charge is -2.12. The first-order chi connectivity index (χ1) is 35.2. The van der Waals surface area contributed by atoms with Gasteiger partial charge in [0.1, 0.15) is 11.6 Å². The largest absolute Gasteiger partial charge is 0.339 e. The van der Waals surface area contributed by atoms with Crippen molar-refractivity contribution >= 4 is 78.2 Å². The molecule has 0 aliphatic carbocycles. The highest BCUT2D eigenvalue weighted by atomic mass is 32.1. The molecule has 0 N–H and O–H groups in total. The molecule has 0 amide bonds. The van der Waals surface area contributed by atoms with E-state index in [0.29, 0.717) is 11.1 Å². The first-order valence-electron chi connectivity index (χ1n) is 28.6. The molecule has 0 spiro atoms. The zero-order chi connectivity index (χ0) is 50.4. The van der Waals surface area contributed by atoms with Crippen LogP contribution in [-0.4, -0.2) is 9.13 Å². The van der Waals surface area contributed by atoms with Crippen molar-refractivity contribution in [1.29, 1.82) is 0 Å². The van der Waals surface area contributed by atoms with Crippen molar-refractivity contribution < 1.29 is 8.78 Å². The number of hydrogen-bond acceptors (Lipinski definition) is 4. The van der Waals surface area contributed by atoms with Crippen molar-refractivity contribution in [2.45, 2.75) is 222 Å². The fourth-order valence-electron chi connectivity index (χ4n) is 11.2. The number of fused-ring (bicyclic) bond motifs is 5. The van der Waals surface area contributed by atoms with Crippen molar-refractivity contribution in [3.05, 3.63) is 93.2 Å². The van der Waals surface area contributed by atoms with Gasteiger partial charge in [-0.3, -0.25) is 0 Å².